The maximum atomic E-state index is 8.15. The molecule has 112 valence electrons. The molecular formula is C15H35NO2. The van der Waals surface area contributed by atoms with Gasteiger partial charge in [-0.2, -0.15) is 0 Å². The lowest BCUT2D eigenvalue weighted by molar-refractivity contribution is 0.267. The van der Waals surface area contributed by atoms with E-state index in [2.05, 4.69) is 19.2 Å². The lowest BCUT2D eigenvalue weighted by atomic mass is 10.1. The fourth-order valence-electron chi connectivity index (χ4n) is 1.67. The average molecular weight is 261 g/mol. The lowest BCUT2D eigenvalue weighted by Gasteiger charge is -1.98. The van der Waals surface area contributed by atoms with E-state index in [0.717, 1.165) is 0 Å². The maximum Gasteiger partial charge on any atom is 0.0555 e. The molecule has 0 aliphatic heterocycles. The summed E-state index contributed by atoms with van der Waals surface area (Å²) in [4.78, 5) is 0. The number of hydrogen-bond acceptors (Lipinski definition) is 3. The summed E-state index contributed by atoms with van der Waals surface area (Å²) in [5.41, 5.74) is 0. The van der Waals surface area contributed by atoms with E-state index < -0.39 is 0 Å². The van der Waals surface area contributed by atoms with Crippen LogP contribution in [0.2, 0.25) is 0 Å². The average Bonchev–Trinajstić information content (AvgIpc) is 2.39. The molecule has 0 unspecified atom stereocenters. The van der Waals surface area contributed by atoms with Crippen LogP contribution < -0.4 is 5.32 Å². The number of unbranched alkanes of at least 4 members (excludes halogenated alkanes) is 8. The van der Waals surface area contributed by atoms with Crippen LogP contribution in [-0.2, 0) is 0 Å². The molecule has 18 heavy (non-hydrogen) atoms. The van der Waals surface area contributed by atoms with E-state index >= 15 is 0 Å². The number of nitrogens with one attached hydrogen (secondary N) is 1. The van der Waals surface area contributed by atoms with Gasteiger partial charge in [0, 0.05) is 13.1 Å². The van der Waals surface area contributed by atoms with Crippen molar-refractivity contribution in [3.05, 3.63) is 0 Å². The van der Waals surface area contributed by atoms with Gasteiger partial charge in [-0.3, -0.25) is 0 Å². The quantitative estimate of drug-likeness (QED) is 0.473. The Morgan fingerprint density at radius 3 is 1.22 bits per heavy atom. The summed E-state index contributed by atoms with van der Waals surface area (Å²) in [6, 6.07) is 0. The molecule has 0 atom stereocenters. The molecule has 0 aromatic carbocycles. The van der Waals surface area contributed by atoms with Crippen molar-refractivity contribution in [2.24, 2.45) is 0 Å². The van der Waals surface area contributed by atoms with E-state index in [9.17, 15) is 0 Å². The highest BCUT2D eigenvalue weighted by atomic mass is 16.3. The highest BCUT2D eigenvalue weighted by molar-refractivity contribution is 4.44. The zero-order valence-electron chi connectivity index (χ0n) is 12.6. The largest absolute Gasteiger partial charge is 0.395 e. The lowest BCUT2D eigenvalue weighted by Crippen LogP contribution is -2.21. The Bertz CT molecular complexity index is 109. The predicted molar refractivity (Wildman–Crippen MR) is 79.9 cm³/mol. The van der Waals surface area contributed by atoms with E-state index in [0.29, 0.717) is 13.1 Å². The van der Waals surface area contributed by atoms with Gasteiger partial charge in [0.2, 0.25) is 0 Å². The van der Waals surface area contributed by atoms with Crippen molar-refractivity contribution in [3.8, 4) is 0 Å². The molecule has 0 aromatic heterocycles. The molecule has 3 heteroatoms. The third kappa shape index (κ3) is 24.9. The molecule has 0 fully saturated rings. The van der Waals surface area contributed by atoms with E-state index in [-0.39, 0.29) is 13.2 Å². The summed E-state index contributed by atoms with van der Waals surface area (Å²) in [6.07, 6.45) is 13.0. The predicted octanol–water partition coefficient (Wildman–Crippen LogP) is 3.10. The third-order valence-corrected chi connectivity index (χ3v) is 2.78. The molecule has 0 radical (unpaired) electrons. The fourth-order valence-corrected chi connectivity index (χ4v) is 1.67. The van der Waals surface area contributed by atoms with Gasteiger partial charge in [-0.15, -0.1) is 0 Å². The summed E-state index contributed by atoms with van der Waals surface area (Å²) < 4.78 is 0. The van der Waals surface area contributed by atoms with Gasteiger partial charge in [-0.25, -0.2) is 0 Å². The van der Waals surface area contributed by atoms with Crippen LogP contribution in [0.5, 0.6) is 0 Å². The van der Waals surface area contributed by atoms with Crippen LogP contribution in [-0.4, -0.2) is 36.5 Å². The van der Waals surface area contributed by atoms with Crippen LogP contribution >= 0.6 is 0 Å². The van der Waals surface area contributed by atoms with Crippen molar-refractivity contribution in [2.45, 2.75) is 71.6 Å². The molecule has 3 nitrogen and oxygen atoms in total. The number of hydrogen-bond donors (Lipinski definition) is 3. The summed E-state index contributed by atoms with van der Waals surface area (Å²) in [6.45, 7) is 5.97. The van der Waals surface area contributed by atoms with Crippen molar-refractivity contribution >= 4 is 0 Å². The van der Waals surface area contributed by atoms with E-state index in [1.807, 2.05) is 0 Å². The first-order chi connectivity index (χ1) is 8.83. The Morgan fingerprint density at radius 1 is 0.611 bits per heavy atom. The van der Waals surface area contributed by atoms with Crippen molar-refractivity contribution in [1.82, 2.24) is 5.32 Å². The Morgan fingerprint density at radius 2 is 0.944 bits per heavy atom. The van der Waals surface area contributed by atoms with Gasteiger partial charge >= 0.3 is 0 Å². The molecule has 0 saturated carbocycles. The SMILES string of the molecule is CCCCCCCCCCC.OCCNCCO. The van der Waals surface area contributed by atoms with Crippen LogP contribution in [0.1, 0.15) is 71.6 Å². The first-order valence-electron chi connectivity index (χ1n) is 7.75. The Labute approximate surface area is 114 Å². The van der Waals surface area contributed by atoms with Crippen LogP contribution in [0.25, 0.3) is 0 Å². The molecule has 0 rings (SSSR count). The van der Waals surface area contributed by atoms with Gasteiger partial charge in [0.15, 0.2) is 0 Å². The number of aliphatic hydroxyl groups excluding tert-OH is 2. The van der Waals surface area contributed by atoms with Crippen molar-refractivity contribution in [3.63, 3.8) is 0 Å². The highest BCUT2D eigenvalue weighted by Crippen LogP contribution is 2.08. The highest BCUT2D eigenvalue weighted by Gasteiger charge is 1.89. The van der Waals surface area contributed by atoms with Crippen molar-refractivity contribution < 1.29 is 10.2 Å². The second kappa shape index (κ2) is 22.1. The van der Waals surface area contributed by atoms with Gasteiger partial charge in [-0.05, 0) is 0 Å². The molecule has 0 aliphatic carbocycles. The normalized spacial score (nSPS) is 10.0. The monoisotopic (exact) mass is 261 g/mol. The molecule has 0 amide bonds. The van der Waals surface area contributed by atoms with Gasteiger partial charge in [0.1, 0.15) is 0 Å². The maximum absolute atomic E-state index is 8.15. The Kier molecular flexibility index (Phi) is 24.8. The molecule has 3 N–H and O–H groups in total. The summed E-state index contributed by atoms with van der Waals surface area (Å²) in [5.74, 6) is 0. The van der Waals surface area contributed by atoms with E-state index in [1.165, 1.54) is 57.8 Å². The minimum atomic E-state index is 0.139. The molecular weight excluding hydrogens is 226 g/mol. The molecule has 0 bridgehead atoms. The van der Waals surface area contributed by atoms with Crippen LogP contribution in [0, 0.1) is 0 Å². The fraction of sp³-hybridized carbons (Fsp3) is 1.00. The molecule has 0 heterocycles. The topological polar surface area (TPSA) is 52.5 Å². The molecule has 0 aromatic rings. The molecule has 0 saturated heterocycles. The minimum Gasteiger partial charge on any atom is -0.395 e. The molecule has 0 aliphatic rings. The smallest absolute Gasteiger partial charge is 0.0555 e. The first-order valence-corrected chi connectivity index (χ1v) is 7.75. The van der Waals surface area contributed by atoms with Gasteiger partial charge in [-0.1, -0.05) is 71.6 Å². The Balaban J connectivity index is 0. The van der Waals surface area contributed by atoms with Crippen LogP contribution in [0.3, 0.4) is 0 Å². The van der Waals surface area contributed by atoms with Crippen LogP contribution in [0.15, 0.2) is 0 Å². The Hall–Kier alpha value is -0.120. The van der Waals surface area contributed by atoms with Crippen molar-refractivity contribution in [1.29, 1.82) is 0 Å². The summed E-state index contributed by atoms with van der Waals surface area (Å²) in [5, 5.41) is 19.1. The third-order valence-electron chi connectivity index (χ3n) is 2.78. The van der Waals surface area contributed by atoms with Gasteiger partial charge in [0.05, 0.1) is 13.2 Å². The summed E-state index contributed by atoms with van der Waals surface area (Å²) >= 11 is 0. The zero-order valence-corrected chi connectivity index (χ0v) is 12.6. The zero-order chi connectivity index (χ0) is 13.9. The minimum absolute atomic E-state index is 0.139. The second-order valence-corrected chi connectivity index (χ2v) is 4.67. The standard InChI is InChI=1S/C11H24.C4H11NO2/c1-3-5-7-9-11-10-8-6-4-2;6-3-1-5-2-4-7/h3-11H2,1-2H3;5-7H,1-4H2. The number of rotatable bonds is 12. The molecule has 0 spiro atoms. The summed E-state index contributed by atoms with van der Waals surface area (Å²) in [7, 11) is 0. The van der Waals surface area contributed by atoms with Crippen LogP contribution in [0.4, 0.5) is 0 Å². The number of aliphatic hydroxyl groups is 2. The van der Waals surface area contributed by atoms with Crippen molar-refractivity contribution in [2.75, 3.05) is 26.3 Å². The van der Waals surface area contributed by atoms with E-state index in [4.69, 9.17) is 10.2 Å². The van der Waals surface area contributed by atoms with Gasteiger partial charge in [0.25, 0.3) is 0 Å². The first kappa shape index (κ1) is 20.2. The van der Waals surface area contributed by atoms with E-state index in [1.54, 1.807) is 0 Å². The second-order valence-electron chi connectivity index (χ2n) is 4.67. The van der Waals surface area contributed by atoms with Gasteiger partial charge < -0.3 is 15.5 Å².